The first-order valence-corrected chi connectivity index (χ1v) is 6.45. The summed E-state index contributed by atoms with van der Waals surface area (Å²) < 4.78 is 15.8. The maximum atomic E-state index is 11.2. The number of carbonyl (C=O) groups excluding carboxylic acids is 1. The Morgan fingerprint density at radius 3 is 2.37 bits per heavy atom. The summed E-state index contributed by atoms with van der Waals surface area (Å²) in [6.45, 7) is 7.12. The first-order valence-electron chi connectivity index (χ1n) is 6.45. The molecule has 0 fully saturated rings. The number of rotatable bonds is 7. The van der Waals surface area contributed by atoms with Gasteiger partial charge in [-0.2, -0.15) is 0 Å². The van der Waals surface area contributed by atoms with Gasteiger partial charge in [-0.1, -0.05) is 6.07 Å². The van der Waals surface area contributed by atoms with E-state index in [-0.39, 0.29) is 5.97 Å². The molecule has 0 bridgehead atoms. The third kappa shape index (κ3) is 5.04. The van der Waals surface area contributed by atoms with Crippen molar-refractivity contribution in [2.75, 3.05) is 19.8 Å². The second-order valence-corrected chi connectivity index (χ2v) is 3.66. The van der Waals surface area contributed by atoms with Crippen LogP contribution in [-0.2, 0) is 9.53 Å². The van der Waals surface area contributed by atoms with E-state index in [1.807, 2.05) is 32.0 Å². The number of benzene rings is 1. The van der Waals surface area contributed by atoms with Gasteiger partial charge < -0.3 is 14.2 Å². The second kappa shape index (κ2) is 8.19. The number of ether oxygens (including phenoxy) is 3. The van der Waals surface area contributed by atoms with E-state index in [4.69, 9.17) is 14.2 Å². The summed E-state index contributed by atoms with van der Waals surface area (Å²) in [4.78, 5) is 11.2. The predicted molar refractivity (Wildman–Crippen MR) is 74.4 cm³/mol. The molecule has 0 saturated heterocycles. The van der Waals surface area contributed by atoms with E-state index in [0.29, 0.717) is 31.3 Å². The number of esters is 1. The Hall–Kier alpha value is -1.97. The average molecular weight is 264 g/mol. The zero-order valence-corrected chi connectivity index (χ0v) is 11.6. The van der Waals surface area contributed by atoms with Gasteiger partial charge in [-0.3, -0.25) is 0 Å². The molecule has 1 rings (SSSR count). The molecule has 0 aliphatic carbocycles. The van der Waals surface area contributed by atoms with Crippen LogP contribution in [0.15, 0.2) is 24.3 Å². The summed E-state index contributed by atoms with van der Waals surface area (Å²) in [7, 11) is 0. The number of hydrogen-bond donors (Lipinski definition) is 0. The predicted octanol–water partition coefficient (Wildman–Crippen LogP) is 3.06. The summed E-state index contributed by atoms with van der Waals surface area (Å²) >= 11 is 0. The highest BCUT2D eigenvalue weighted by Crippen LogP contribution is 2.28. The molecule has 4 nitrogen and oxygen atoms in total. The lowest BCUT2D eigenvalue weighted by Gasteiger charge is -2.11. The van der Waals surface area contributed by atoms with Gasteiger partial charge in [0.1, 0.15) is 0 Å². The third-order valence-corrected chi connectivity index (χ3v) is 2.27. The first kappa shape index (κ1) is 15.1. The lowest BCUT2D eigenvalue weighted by molar-refractivity contribution is -0.137. The molecule has 0 aromatic heterocycles. The quantitative estimate of drug-likeness (QED) is 0.561. The van der Waals surface area contributed by atoms with Gasteiger partial charge in [-0.25, -0.2) is 4.79 Å². The Morgan fingerprint density at radius 2 is 1.74 bits per heavy atom. The summed E-state index contributed by atoms with van der Waals surface area (Å²) in [5, 5.41) is 0. The van der Waals surface area contributed by atoms with Crippen LogP contribution in [0, 0.1) is 0 Å². The Balaban J connectivity index is 2.85. The average Bonchev–Trinajstić information content (AvgIpc) is 2.40. The van der Waals surface area contributed by atoms with Crippen LogP contribution in [0.2, 0.25) is 0 Å². The Morgan fingerprint density at radius 1 is 1.05 bits per heavy atom. The fourth-order valence-electron chi connectivity index (χ4n) is 1.53. The number of carbonyl (C=O) groups is 1. The van der Waals surface area contributed by atoms with E-state index in [9.17, 15) is 4.79 Å². The van der Waals surface area contributed by atoms with E-state index >= 15 is 0 Å². The fraction of sp³-hybridized carbons (Fsp3) is 0.400. The van der Waals surface area contributed by atoms with Crippen LogP contribution >= 0.6 is 0 Å². The molecule has 0 aliphatic rings. The van der Waals surface area contributed by atoms with Crippen LogP contribution in [0.25, 0.3) is 6.08 Å². The van der Waals surface area contributed by atoms with E-state index in [1.54, 1.807) is 13.0 Å². The topological polar surface area (TPSA) is 44.8 Å². The van der Waals surface area contributed by atoms with Crippen LogP contribution in [0.4, 0.5) is 0 Å². The maximum absolute atomic E-state index is 11.2. The number of hydrogen-bond acceptors (Lipinski definition) is 4. The minimum atomic E-state index is -0.352. The van der Waals surface area contributed by atoms with Crippen LogP contribution < -0.4 is 9.47 Å². The summed E-state index contributed by atoms with van der Waals surface area (Å²) in [6.07, 6.45) is 3.09. The van der Waals surface area contributed by atoms with Crippen LogP contribution in [-0.4, -0.2) is 25.8 Å². The lowest BCUT2D eigenvalue weighted by atomic mass is 10.2. The molecule has 0 unspecified atom stereocenters. The fourth-order valence-corrected chi connectivity index (χ4v) is 1.53. The molecule has 104 valence electrons. The molecule has 0 heterocycles. The molecule has 0 spiro atoms. The third-order valence-electron chi connectivity index (χ3n) is 2.27. The zero-order valence-electron chi connectivity index (χ0n) is 11.6. The van der Waals surface area contributed by atoms with Gasteiger partial charge in [0, 0.05) is 6.08 Å². The van der Waals surface area contributed by atoms with Crippen molar-refractivity contribution in [3.63, 3.8) is 0 Å². The van der Waals surface area contributed by atoms with Gasteiger partial charge in [-0.05, 0) is 44.5 Å². The maximum Gasteiger partial charge on any atom is 0.330 e. The molecule has 0 saturated carbocycles. The molecule has 0 aliphatic heterocycles. The SMILES string of the molecule is CCOC(=O)C=Cc1ccc(OCC)c(OCC)c1. The molecule has 1 aromatic rings. The molecular formula is C15H20O4. The normalized spacial score (nSPS) is 10.5. The van der Waals surface area contributed by atoms with Gasteiger partial charge in [0.05, 0.1) is 19.8 Å². The van der Waals surface area contributed by atoms with Crippen molar-refractivity contribution in [3.8, 4) is 11.5 Å². The highest BCUT2D eigenvalue weighted by Gasteiger charge is 2.05. The Labute approximate surface area is 114 Å². The lowest BCUT2D eigenvalue weighted by Crippen LogP contribution is -1.99. The van der Waals surface area contributed by atoms with Crippen molar-refractivity contribution in [1.29, 1.82) is 0 Å². The molecule has 0 radical (unpaired) electrons. The van der Waals surface area contributed by atoms with E-state index < -0.39 is 0 Å². The largest absolute Gasteiger partial charge is 0.490 e. The molecule has 0 amide bonds. The molecule has 1 aromatic carbocycles. The first-order chi connectivity index (χ1) is 9.21. The highest BCUT2D eigenvalue weighted by atomic mass is 16.5. The van der Waals surface area contributed by atoms with Gasteiger partial charge in [-0.15, -0.1) is 0 Å². The molecule has 19 heavy (non-hydrogen) atoms. The van der Waals surface area contributed by atoms with Gasteiger partial charge in [0.25, 0.3) is 0 Å². The minimum absolute atomic E-state index is 0.352. The summed E-state index contributed by atoms with van der Waals surface area (Å²) in [5.74, 6) is 1.03. The van der Waals surface area contributed by atoms with Crippen LogP contribution in [0.1, 0.15) is 26.3 Å². The molecule has 0 N–H and O–H groups in total. The van der Waals surface area contributed by atoms with E-state index in [0.717, 1.165) is 5.56 Å². The van der Waals surface area contributed by atoms with Crippen molar-refractivity contribution in [2.24, 2.45) is 0 Å². The van der Waals surface area contributed by atoms with Crippen LogP contribution in [0.3, 0.4) is 0 Å². The second-order valence-electron chi connectivity index (χ2n) is 3.66. The van der Waals surface area contributed by atoms with Gasteiger partial charge >= 0.3 is 5.97 Å². The van der Waals surface area contributed by atoms with Crippen LogP contribution in [0.5, 0.6) is 11.5 Å². The van der Waals surface area contributed by atoms with Crippen molar-refractivity contribution >= 4 is 12.0 Å². The van der Waals surface area contributed by atoms with Gasteiger partial charge in [0.15, 0.2) is 11.5 Å². The van der Waals surface area contributed by atoms with Crippen molar-refractivity contribution in [3.05, 3.63) is 29.8 Å². The Kier molecular flexibility index (Phi) is 6.50. The van der Waals surface area contributed by atoms with Crippen molar-refractivity contribution in [1.82, 2.24) is 0 Å². The van der Waals surface area contributed by atoms with E-state index in [1.165, 1.54) is 6.08 Å². The smallest absolute Gasteiger partial charge is 0.330 e. The zero-order chi connectivity index (χ0) is 14.1. The monoisotopic (exact) mass is 264 g/mol. The Bertz CT molecular complexity index is 438. The minimum Gasteiger partial charge on any atom is -0.490 e. The van der Waals surface area contributed by atoms with Gasteiger partial charge in [0.2, 0.25) is 0 Å². The summed E-state index contributed by atoms with van der Waals surface area (Å²) in [5.41, 5.74) is 0.861. The van der Waals surface area contributed by atoms with Crippen molar-refractivity contribution in [2.45, 2.75) is 20.8 Å². The highest BCUT2D eigenvalue weighted by molar-refractivity contribution is 5.87. The molecule has 0 atom stereocenters. The molecule has 4 heteroatoms. The standard InChI is InChI=1S/C15H20O4/c1-4-17-13-9-7-12(11-14(13)18-5-2)8-10-15(16)19-6-3/h7-11H,4-6H2,1-3H3. The summed E-state index contributed by atoms with van der Waals surface area (Å²) in [6, 6.07) is 5.53. The molecular weight excluding hydrogens is 244 g/mol. The van der Waals surface area contributed by atoms with E-state index in [2.05, 4.69) is 0 Å². The van der Waals surface area contributed by atoms with Crippen molar-refractivity contribution < 1.29 is 19.0 Å².